The van der Waals surface area contributed by atoms with Gasteiger partial charge in [-0.05, 0) is 42.5 Å². The fraction of sp³-hybridized carbons (Fsp3) is 0.0417. The zero-order valence-electron chi connectivity index (χ0n) is 17.7. The Morgan fingerprint density at radius 3 is 2.46 bits per heavy atom. The van der Waals surface area contributed by atoms with Gasteiger partial charge in [-0.15, -0.1) is 0 Å². The molecule has 4 rings (SSSR count). The number of amides is 4. The maximum absolute atomic E-state index is 14.0. The Morgan fingerprint density at radius 1 is 1.06 bits per heavy atom. The van der Waals surface area contributed by atoms with Gasteiger partial charge in [0.15, 0.2) is 0 Å². The molecule has 1 heterocycles. The monoisotopic (exact) mass is 495 g/mol. The minimum absolute atomic E-state index is 0.0265. The zero-order valence-corrected chi connectivity index (χ0v) is 18.5. The van der Waals surface area contributed by atoms with E-state index in [1.54, 1.807) is 18.2 Å². The van der Waals surface area contributed by atoms with Crippen LogP contribution in [0, 0.1) is 15.9 Å². The fourth-order valence-corrected chi connectivity index (χ4v) is 3.49. The Bertz CT molecular complexity index is 1390. The highest BCUT2D eigenvalue weighted by atomic mass is 35.5. The van der Waals surface area contributed by atoms with Crippen LogP contribution >= 0.6 is 11.6 Å². The number of hydrogen-bond acceptors (Lipinski definition) is 6. The van der Waals surface area contributed by atoms with E-state index < -0.39 is 34.2 Å². The number of nitro groups is 1. The standard InChI is InChI=1S/C24H15ClFN3O6/c25-16-5-10-21(35-13-14-3-1-2-4-20(14)26)15(11-16)12-19-22(30)27-24(32)28(23(19)31)17-6-8-18(9-7-17)29(33)34/h1-12H,13H2,(H,27,30,32)/b19-12-. The van der Waals surface area contributed by atoms with Crippen molar-refractivity contribution < 1.29 is 28.4 Å². The summed E-state index contributed by atoms with van der Waals surface area (Å²) >= 11 is 6.09. The predicted octanol–water partition coefficient (Wildman–Crippen LogP) is 4.63. The van der Waals surface area contributed by atoms with Crippen LogP contribution in [0.2, 0.25) is 5.02 Å². The quantitative estimate of drug-likeness (QED) is 0.230. The topological polar surface area (TPSA) is 119 Å². The average Bonchev–Trinajstić information content (AvgIpc) is 2.82. The van der Waals surface area contributed by atoms with Gasteiger partial charge >= 0.3 is 6.03 Å². The molecule has 1 aliphatic heterocycles. The lowest BCUT2D eigenvalue weighted by atomic mass is 10.1. The third kappa shape index (κ3) is 5.02. The van der Waals surface area contributed by atoms with Gasteiger partial charge in [-0.1, -0.05) is 29.8 Å². The summed E-state index contributed by atoms with van der Waals surface area (Å²) < 4.78 is 19.7. The Morgan fingerprint density at radius 2 is 1.77 bits per heavy atom. The van der Waals surface area contributed by atoms with Crippen molar-refractivity contribution in [1.82, 2.24) is 5.32 Å². The van der Waals surface area contributed by atoms with Gasteiger partial charge < -0.3 is 4.74 Å². The number of hydrogen-bond donors (Lipinski definition) is 1. The Labute approximate surface area is 202 Å². The Balaban J connectivity index is 1.67. The Kier molecular flexibility index (Phi) is 6.56. The summed E-state index contributed by atoms with van der Waals surface area (Å²) in [4.78, 5) is 48.9. The van der Waals surface area contributed by atoms with Crippen molar-refractivity contribution in [3.63, 3.8) is 0 Å². The molecule has 1 aliphatic rings. The van der Waals surface area contributed by atoms with Crippen molar-refractivity contribution in [2.45, 2.75) is 6.61 Å². The molecule has 1 fully saturated rings. The van der Waals surface area contributed by atoms with Gasteiger partial charge in [0.05, 0.1) is 10.6 Å². The Hall–Kier alpha value is -4.57. The summed E-state index contributed by atoms with van der Waals surface area (Å²) in [6.45, 7) is -0.127. The number of urea groups is 1. The maximum atomic E-state index is 14.0. The van der Waals surface area contributed by atoms with Crippen LogP contribution in [0.5, 0.6) is 5.75 Å². The summed E-state index contributed by atoms with van der Waals surface area (Å²) in [6.07, 6.45) is 1.20. The first kappa shape index (κ1) is 23.6. The molecule has 11 heteroatoms. The van der Waals surface area contributed by atoms with E-state index in [4.69, 9.17) is 16.3 Å². The molecule has 0 unspecified atom stereocenters. The summed E-state index contributed by atoms with van der Waals surface area (Å²) in [5.74, 6) is -2.14. The third-order valence-electron chi connectivity index (χ3n) is 5.03. The molecule has 35 heavy (non-hydrogen) atoms. The summed E-state index contributed by atoms with van der Waals surface area (Å²) in [5, 5.41) is 13.2. The van der Waals surface area contributed by atoms with Crippen LogP contribution in [0.1, 0.15) is 11.1 Å². The van der Waals surface area contributed by atoms with Crippen LogP contribution in [0.15, 0.2) is 72.3 Å². The molecule has 0 aromatic heterocycles. The first-order valence-electron chi connectivity index (χ1n) is 10.1. The van der Waals surface area contributed by atoms with Crippen LogP contribution in [-0.2, 0) is 16.2 Å². The van der Waals surface area contributed by atoms with E-state index in [9.17, 15) is 28.9 Å². The summed E-state index contributed by atoms with van der Waals surface area (Å²) in [7, 11) is 0. The number of carbonyl (C=O) groups excluding carboxylic acids is 3. The predicted molar refractivity (Wildman–Crippen MR) is 124 cm³/mol. The second kappa shape index (κ2) is 9.74. The number of nitrogens with one attached hydrogen (secondary N) is 1. The van der Waals surface area contributed by atoms with E-state index in [2.05, 4.69) is 5.32 Å². The van der Waals surface area contributed by atoms with E-state index in [1.807, 2.05) is 0 Å². The number of halogens is 2. The summed E-state index contributed by atoms with van der Waals surface area (Å²) in [5.41, 5.74) is -0.0755. The highest BCUT2D eigenvalue weighted by Gasteiger charge is 2.37. The van der Waals surface area contributed by atoms with Gasteiger partial charge in [0.1, 0.15) is 23.7 Å². The molecule has 0 spiro atoms. The molecule has 1 saturated heterocycles. The van der Waals surface area contributed by atoms with Crippen LogP contribution < -0.4 is 15.0 Å². The molecule has 0 saturated carbocycles. The highest BCUT2D eigenvalue weighted by molar-refractivity contribution is 6.39. The molecule has 3 aromatic rings. The van der Waals surface area contributed by atoms with Crippen LogP contribution in [0.4, 0.5) is 20.6 Å². The number of benzene rings is 3. The minimum atomic E-state index is -1.01. The first-order chi connectivity index (χ1) is 16.7. The van der Waals surface area contributed by atoms with E-state index in [1.165, 1.54) is 42.5 Å². The van der Waals surface area contributed by atoms with E-state index in [-0.39, 0.29) is 34.3 Å². The molecule has 1 N–H and O–H groups in total. The van der Waals surface area contributed by atoms with Crippen molar-refractivity contribution in [1.29, 1.82) is 0 Å². The normalized spacial score (nSPS) is 14.7. The lowest BCUT2D eigenvalue weighted by Gasteiger charge is -2.26. The molecule has 176 valence electrons. The fourth-order valence-electron chi connectivity index (χ4n) is 3.31. The second-order valence-electron chi connectivity index (χ2n) is 7.29. The number of nitro benzene ring substituents is 1. The van der Waals surface area contributed by atoms with Crippen molar-refractivity contribution >= 4 is 46.9 Å². The molecule has 0 aliphatic carbocycles. The second-order valence-corrected chi connectivity index (χ2v) is 7.73. The number of nitrogens with zero attached hydrogens (tertiary/aromatic N) is 2. The molecule has 0 radical (unpaired) electrons. The largest absolute Gasteiger partial charge is 0.488 e. The number of anilines is 1. The molecular formula is C24H15ClFN3O6. The van der Waals surface area contributed by atoms with Crippen molar-refractivity contribution in [3.8, 4) is 5.75 Å². The highest BCUT2D eigenvalue weighted by Crippen LogP contribution is 2.29. The number of rotatable bonds is 6. The molecule has 9 nitrogen and oxygen atoms in total. The van der Waals surface area contributed by atoms with Gasteiger partial charge in [-0.3, -0.25) is 25.0 Å². The SMILES string of the molecule is O=C1NC(=O)N(c2ccc([N+](=O)[O-])cc2)C(=O)/C1=C\c1cc(Cl)ccc1OCc1ccccc1F. The first-order valence-corrected chi connectivity index (χ1v) is 10.4. The van der Waals surface area contributed by atoms with Gasteiger partial charge in [-0.2, -0.15) is 0 Å². The van der Waals surface area contributed by atoms with Gasteiger partial charge in [0.25, 0.3) is 17.5 Å². The van der Waals surface area contributed by atoms with Crippen LogP contribution in [-0.4, -0.2) is 22.8 Å². The van der Waals surface area contributed by atoms with Crippen molar-refractivity contribution in [3.05, 3.63) is 104 Å². The smallest absolute Gasteiger partial charge is 0.335 e. The molecule has 3 aromatic carbocycles. The molecule has 0 atom stereocenters. The van der Waals surface area contributed by atoms with Gasteiger partial charge in [-0.25, -0.2) is 14.1 Å². The number of imide groups is 2. The molecule has 0 bridgehead atoms. The molecular weight excluding hydrogens is 481 g/mol. The van der Waals surface area contributed by atoms with Crippen LogP contribution in [0.25, 0.3) is 6.08 Å². The lowest BCUT2D eigenvalue weighted by Crippen LogP contribution is -2.54. The van der Waals surface area contributed by atoms with Crippen molar-refractivity contribution in [2.75, 3.05) is 4.90 Å². The third-order valence-corrected chi connectivity index (χ3v) is 5.27. The average molecular weight is 496 g/mol. The van der Waals surface area contributed by atoms with Crippen molar-refractivity contribution in [2.24, 2.45) is 0 Å². The summed E-state index contributed by atoms with van der Waals surface area (Å²) in [6, 6.07) is 14.2. The minimum Gasteiger partial charge on any atom is -0.488 e. The maximum Gasteiger partial charge on any atom is 0.335 e. The lowest BCUT2D eigenvalue weighted by molar-refractivity contribution is -0.384. The number of ether oxygens (including phenoxy) is 1. The number of non-ortho nitro benzene ring substituents is 1. The zero-order chi connectivity index (χ0) is 25.1. The van der Waals surface area contributed by atoms with Crippen LogP contribution in [0.3, 0.4) is 0 Å². The van der Waals surface area contributed by atoms with E-state index >= 15 is 0 Å². The van der Waals surface area contributed by atoms with Gasteiger partial charge in [0, 0.05) is 28.3 Å². The van der Waals surface area contributed by atoms with Gasteiger partial charge in [0.2, 0.25) is 0 Å². The van der Waals surface area contributed by atoms with E-state index in [0.717, 1.165) is 12.1 Å². The van der Waals surface area contributed by atoms with E-state index in [0.29, 0.717) is 10.5 Å². The number of carbonyl (C=O) groups is 3. The number of barbiturate groups is 1. The molecule has 4 amide bonds.